The Labute approximate surface area is 117 Å². The number of nitrogens with one attached hydrogen (secondary N) is 1. The molecule has 0 saturated heterocycles. The van der Waals surface area contributed by atoms with E-state index in [2.05, 4.69) is 5.32 Å². The summed E-state index contributed by atoms with van der Waals surface area (Å²) < 4.78 is 15.1. The number of carbonyl (C=O) groups is 2. The first-order valence-corrected chi connectivity index (χ1v) is 6.32. The Balaban J connectivity index is 1.91. The summed E-state index contributed by atoms with van der Waals surface area (Å²) in [5, 5.41) is 2.63. The van der Waals surface area contributed by atoms with Gasteiger partial charge in [-0.25, -0.2) is 0 Å². The summed E-state index contributed by atoms with van der Waals surface area (Å²) in [6.45, 7) is -0.287. The van der Waals surface area contributed by atoms with E-state index in [-0.39, 0.29) is 18.5 Å². The Morgan fingerprint density at radius 3 is 2.60 bits per heavy atom. The van der Waals surface area contributed by atoms with Gasteiger partial charge >= 0.3 is 5.97 Å². The van der Waals surface area contributed by atoms with Gasteiger partial charge in [-0.05, 0) is 25.0 Å². The largest absolute Gasteiger partial charge is 0.497 e. The Kier molecular flexibility index (Phi) is 4.45. The van der Waals surface area contributed by atoms with Crippen molar-refractivity contribution in [1.29, 1.82) is 0 Å². The average molecular weight is 279 g/mol. The first-order chi connectivity index (χ1) is 9.63. The molecule has 0 radical (unpaired) electrons. The van der Waals surface area contributed by atoms with E-state index in [0.29, 0.717) is 17.2 Å². The minimum atomic E-state index is -0.400. The van der Waals surface area contributed by atoms with Gasteiger partial charge in [0.2, 0.25) is 0 Å². The zero-order chi connectivity index (χ0) is 14.5. The normalized spacial score (nSPS) is 13.5. The first-order valence-electron chi connectivity index (χ1n) is 6.32. The van der Waals surface area contributed by atoms with Crippen molar-refractivity contribution in [3.8, 4) is 11.5 Å². The predicted molar refractivity (Wildman–Crippen MR) is 71.9 cm³/mol. The SMILES string of the molecule is COc1ccc(NC(=O)COC(=O)C2CC2)c(OC)c1. The molecule has 0 spiro atoms. The van der Waals surface area contributed by atoms with Gasteiger partial charge in [-0.1, -0.05) is 0 Å². The van der Waals surface area contributed by atoms with Gasteiger partial charge in [0.05, 0.1) is 25.8 Å². The molecule has 0 heterocycles. The summed E-state index contributed by atoms with van der Waals surface area (Å²) >= 11 is 0. The molecule has 1 aliphatic rings. The lowest BCUT2D eigenvalue weighted by atomic mass is 10.2. The zero-order valence-corrected chi connectivity index (χ0v) is 11.5. The Bertz CT molecular complexity index is 510. The Hall–Kier alpha value is -2.24. The Morgan fingerprint density at radius 2 is 2.00 bits per heavy atom. The van der Waals surface area contributed by atoms with Crippen LogP contribution in [-0.2, 0) is 14.3 Å². The van der Waals surface area contributed by atoms with Crippen LogP contribution in [0.1, 0.15) is 12.8 Å². The van der Waals surface area contributed by atoms with Crippen molar-refractivity contribution in [3.05, 3.63) is 18.2 Å². The van der Waals surface area contributed by atoms with Crippen LogP contribution in [0, 0.1) is 5.92 Å². The topological polar surface area (TPSA) is 73.9 Å². The van der Waals surface area contributed by atoms with Gasteiger partial charge in [-0.15, -0.1) is 0 Å². The van der Waals surface area contributed by atoms with Gasteiger partial charge in [-0.2, -0.15) is 0 Å². The molecular weight excluding hydrogens is 262 g/mol. The number of anilines is 1. The smallest absolute Gasteiger partial charge is 0.309 e. The van der Waals surface area contributed by atoms with E-state index in [1.54, 1.807) is 25.3 Å². The van der Waals surface area contributed by atoms with E-state index in [1.165, 1.54) is 7.11 Å². The number of hydrogen-bond donors (Lipinski definition) is 1. The van der Waals surface area contributed by atoms with E-state index in [9.17, 15) is 9.59 Å². The van der Waals surface area contributed by atoms with Crippen LogP contribution >= 0.6 is 0 Å². The van der Waals surface area contributed by atoms with Gasteiger partial charge in [0.15, 0.2) is 6.61 Å². The van der Waals surface area contributed by atoms with E-state index < -0.39 is 5.91 Å². The molecule has 6 nitrogen and oxygen atoms in total. The minimum Gasteiger partial charge on any atom is -0.497 e. The maximum absolute atomic E-state index is 11.7. The van der Waals surface area contributed by atoms with Gasteiger partial charge in [0, 0.05) is 6.07 Å². The molecule has 20 heavy (non-hydrogen) atoms. The zero-order valence-electron chi connectivity index (χ0n) is 11.5. The van der Waals surface area contributed by atoms with Crippen LogP contribution in [0.25, 0.3) is 0 Å². The van der Waals surface area contributed by atoms with Crippen LogP contribution in [0.2, 0.25) is 0 Å². The first kappa shape index (κ1) is 14.2. The van der Waals surface area contributed by atoms with Gasteiger partial charge in [0.1, 0.15) is 11.5 Å². The highest BCUT2D eigenvalue weighted by atomic mass is 16.5. The van der Waals surface area contributed by atoms with Crippen LogP contribution in [-0.4, -0.2) is 32.7 Å². The van der Waals surface area contributed by atoms with Crippen molar-refractivity contribution in [1.82, 2.24) is 0 Å². The molecule has 108 valence electrons. The van der Waals surface area contributed by atoms with Crippen LogP contribution in [0.4, 0.5) is 5.69 Å². The summed E-state index contributed by atoms with van der Waals surface area (Å²) in [4.78, 5) is 23.0. The Morgan fingerprint density at radius 1 is 1.25 bits per heavy atom. The maximum Gasteiger partial charge on any atom is 0.309 e. The van der Waals surface area contributed by atoms with Gasteiger partial charge in [0.25, 0.3) is 5.91 Å². The summed E-state index contributed by atoms with van der Waals surface area (Å²) in [5.41, 5.74) is 0.501. The summed E-state index contributed by atoms with van der Waals surface area (Å²) in [5.74, 6) is 0.383. The number of benzene rings is 1. The van der Waals surface area contributed by atoms with E-state index in [4.69, 9.17) is 14.2 Å². The third-order valence-corrected chi connectivity index (χ3v) is 2.94. The molecule has 1 amide bonds. The highest BCUT2D eigenvalue weighted by Crippen LogP contribution is 2.30. The van der Waals surface area contributed by atoms with Crippen molar-refractivity contribution >= 4 is 17.6 Å². The van der Waals surface area contributed by atoms with E-state index in [1.807, 2.05) is 0 Å². The van der Waals surface area contributed by atoms with E-state index >= 15 is 0 Å². The number of carbonyl (C=O) groups excluding carboxylic acids is 2. The maximum atomic E-state index is 11.7. The van der Waals surface area contributed by atoms with Crippen molar-refractivity contribution < 1.29 is 23.8 Å². The number of amides is 1. The second-order valence-electron chi connectivity index (χ2n) is 4.50. The highest BCUT2D eigenvalue weighted by Gasteiger charge is 2.31. The van der Waals surface area contributed by atoms with E-state index in [0.717, 1.165) is 12.8 Å². The summed E-state index contributed by atoms with van der Waals surface area (Å²) in [6.07, 6.45) is 1.71. The number of rotatable bonds is 6. The fourth-order valence-electron chi connectivity index (χ4n) is 1.66. The molecule has 1 N–H and O–H groups in total. The lowest BCUT2D eigenvalue weighted by Crippen LogP contribution is -2.21. The van der Waals surface area contributed by atoms with Crippen molar-refractivity contribution in [2.24, 2.45) is 5.92 Å². The molecule has 2 rings (SSSR count). The van der Waals surface area contributed by atoms with Crippen molar-refractivity contribution in [2.75, 3.05) is 26.1 Å². The molecule has 1 fully saturated rings. The molecule has 0 aromatic heterocycles. The standard InChI is InChI=1S/C14H17NO5/c1-18-10-5-6-11(12(7-10)19-2)15-13(16)8-20-14(17)9-3-4-9/h5-7,9H,3-4,8H2,1-2H3,(H,15,16). The highest BCUT2D eigenvalue weighted by molar-refractivity contribution is 5.94. The summed E-state index contributed by atoms with van der Waals surface area (Å²) in [7, 11) is 3.04. The molecule has 1 aromatic rings. The fourth-order valence-corrected chi connectivity index (χ4v) is 1.66. The average Bonchev–Trinajstić information content (AvgIpc) is 3.29. The van der Waals surface area contributed by atoms with Gasteiger partial charge < -0.3 is 19.5 Å². The molecule has 0 aliphatic heterocycles. The molecule has 1 saturated carbocycles. The molecule has 6 heteroatoms. The molecule has 1 aromatic carbocycles. The van der Waals surface area contributed by atoms with Crippen LogP contribution < -0.4 is 14.8 Å². The van der Waals surface area contributed by atoms with Crippen molar-refractivity contribution in [3.63, 3.8) is 0 Å². The minimum absolute atomic E-state index is 0.0154. The molecule has 0 atom stereocenters. The third-order valence-electron chi connectivity index (χ3n) is 2.94. The van der Waals surface area contributed by atoms with Crippen LogP contribution in [0.5, 0.6) is 11.5 Å². The van der Waals surface area contributed by atoms with Crippen molar-refractivity contribution in [2.45, 2.75) is 12.8 Å². The lowest BCUT2D eigenvalue weighted by Gasteiger charge is -2.11. The lowest BCUT2D eigenvalue weighted by molar-refractivity contribution is -0.148. The molecule has 1 aliphatic carbocycles. The molecular formula is C14H17NO5. The number of methoxy groups -OCH3 is 2. The number of ether oxygens (including phenoxy) is 3. The summed E-state index contributed by atoms with van der Waals surface area (Å²) in [6, 6.07) is 5.03. The fraction of sp³-hybridized carbons (Fsp3) is 0.429. The second-order valence-corrected chi connectivity index (χ2v) is 4.50. The van der Waals surface area contributed by atoms with Gasteiger partial charge in [-0.3, -0.25) is 9.59 Å². The monoisotopic (exact) mass is 279 g/mol. The van der Waals surface area contributed by atoms with Crippen LogP contribution in [0.15, 0.2) is 18.2 Å². The second kappa shape index (κ2) is 6.27. The molecule has 0 unspecified atom stereocenters. The molecule has 0 bridgehead atoms. The number of hydrogen-bond acceptors (Lipinski definition) is 5. The quantitative estimate of drug-likeness (QED) is 0.800. The third kappa shape index (κ3) is 3.63. The number of esters is 1. The van der Waals surface area contributed by atoms with Crippen LogP contribution in [0.3, 0.4) is 0 Å². The predicted octanol–water partition coefficient (Wildman–Crippen LogP) is 1.60.